The van der Waals surface area contributed by atoms with Crippen molar-refractivity contribution in [3.8, 4) is 0 Å². The van der Waals surface area contributed by atoms with Crippen LogP contribution < -0.4 is 0 Å². The second-order valence-corrected chi connectivity index (χ2v) is 5.73. The van der Waals surface area contributed by atoms with Crippen molar-refractivity contribution in [1.82, 2.24) is 4.90 Å². The number of rotatable bonds is 4. The van der Waals surface area contributed by atoms with E-state index in [1.165, 1.54) is 6.42 Å². The molecule has 0 bridgehead atoms. The van der Waals surface area contributed by atoms with Crippen LogP contribution in [-0.2, 0) is 0 Å². The van der Waals surface area contributed by atoms with Crippen LogP contribution in [0.25, 0.3) is 0 Å². The smallest absolute Gasteiger partial charge is 0.309 e. The summed E-state index contributed by atoms with van der Waals surface area (Å²) in [6.45, 7) is 19.1. The molecule has 0 amide bonds. The van der Waals surface area contributed by atoms with E-state index in [4.69, 9.17) is 0 Å². The summed E-state index contributed by atoms with van der Waals surface area (Å²) in [5.74, 6) is 0. The maximum absolute atomic E-state index is 11.2. The van der Waals surface area contributed by atoms with Gasteiger partial charge < -0.3 is 4.90 Å². The van der Waals surface area contributed by atoms with E-state index >= 15 is 0 Å². The number of hydrogen-bond donors (Lipinski definition) is 0. The van der Waals surface area contributed by atoms with Crippen LogP contribution >= 0.6 is 0 Å². The maximum Gasteiger partial charge on any atom is 0.309 e. The molecule has 1 heterocycles. The van der Waals surface area contributed by atoms with Gasteiger partial charge in [0.2, 0.25) is 0 Å². The second kappa shape index (κ2) is 7.76. The number of dihydropyridines is 1. The van der Waals surface area contributed by atoms with Crippen molar-refractivity contribution < 1.29 is 4.92 Å². The summed E-state index contributed by atoms with van der Waals surface area (Å²) < 4.78 is 0. The molecule has 0 fully saturated rings. The molecule has 0 aromatic heterocycles. The molecule has 5 heteroatoms. The molecule has 21 heavy (non-hydrogen) atoms. The molecule has 0 saturated heterocycles. The Balaban J connectivity index is 0.00000122. The van der Waals surface area contributed by atoms with Crippen molar-refractivity contribution in [2.24, 2.45) is 4.99 Å². The summed E-state index contributed by atoms with van der Waals surface area (Å²) in [7, 11) is 0. The molecule has 0 saturated carbocycles. The minimum absolute atomic E-state index is 0.0530. The van der Waals surface area contributed by atoms with Gasteiger partial charge in [0.25, 0.3) is 0 Å². The normalized spacial score (nSPS) is 16.4. The molecule has 5 nitrogen and oxygen atoms in total. The number of nitrogens with zero attached hydrogens (tertiary/aromatic N) is 3. The summed E-state index contributed by atoms with van der Waals surface area (Å²) in [5.41, 5.74) is 1.44. The molecular formula is C16H27N3O2. The molecule has 0 atom stereocenters. The van der Waals surface area contributed by atoms with Crippen LogP contribution in [0.3, 0.4) is 0 Å². The second-order valence-electron chi connectivity index (χ2n) is 5.73. The third-order valence-corrected chi connectivity index (χ3v) is 2.75. The number of nitro groups is 1. The lowest BCUT2D eigenvalue weighted by Gasteiger charge is -2.32. The van der Waals surface area contributed by atoms with Gasteiger partial charge in [0.05, 0.1) is 10.5 Å². The molecule has 0 N–H and O–H groups in total. The highest BCUT2D eigenvalue weighted by Gasteiger charge is 2.35. The minimum Gasteiger partial charge on any atom is -0.320 e. The Hall–Kier alpha value is -1.91. The Morgan fingerprint density at radius 3 is 2.33 bits per heavy atom. The van der Waals surface area contributed by atoms with E-state index in [2.05, 4.69) is 32.0 Å². The molecule has 0 radical (unpaired) electrons. The van der Waals surface area contributed by atoms with Crippen molar-refractivity contribution in [3.63, 3.8) is 0 Å². The van der Waals surface area contributed by atoms with E-state index in [1.54, 1.807) is 24.9 Å². The van der Waals surface area contributed by atoms with Crippen molar-refractivity contribution >= 4 is 5.71 Å². The molecule has 0 aromatic carbocycles. The van der Waals surface area contributed by atoms with Crippen molar-refractivity contribution in [1.29, 1.82) is 0 Å². The quantitative estimate of drug-likeness (QED) is 0.566. The van der Waals surface area contributed by atoms with Crippen LogP contribution in [0.2, 0.25) is 0 Å². The van der Waals surface area contributed by atoms with Gasteiger partial charge in [-0.1, -0.05) is 33.4 Å². The first-order chi connectivity index (χ1) is 9.61. The summed E-state index contributed by atoms with van der Waals surface area (Å²) in [6, 6.07) is 0. The van der Waals surface area contributed by atoms with Gasteiger partial charge in [-0.05, 0) is 27.7 Å². The fourth-order valence-corrected chi connectivity index (χ4v) is 2.18. The van der Waals surface area contributed by atoms with Gasteiger partial charge in [0.15, 0.2) is 0 Å². The van der Waals surface area contributed by atoms with Gasteiger partial charge in [-0.2, -0.15) is 0 Å². The lowest BCUT2D eigenvalue weighted by atomic mass is 9.93. The van der Waals surface area contributed by atoms with Gasteiger partial charge in [-0.3, -0.25) is 15.1 Å². The van der Waals surface area contributed by atoms with E-state index in [0.29, 0.717) is 23.5 Å². The Kier molecular flexibility index (Phi) is 7.06. The van der Waals surface area contributed by atoms with Crippen LogP contribution in [-0.4, -0.2) is 21.1 Å². The van der Waals surface area contributed by atoms with E-state index in [-0.39, 0.29) is 16.2 Å². The molecule has 1 aliphatic heterocycles. The van der Waals surface area contributed by atoms with Gasteiger partial charge >= 0.3 is 5.70 Å². The number of hydrogen-bond acceptors (Lipinski definition) is 4. The fraction of sp³-hybridized carbons (Fsp3) is 0.562. The first kappa shape index (κ1) is 19.1. The zero-order valence-electron chi connectivity index (χ0n) is 14.1. The SMILES string of the molecule is C=CN(C(=C)C)C1=C([N+](=O)[O-])C(C)=NC(C)(C)C1.CCC. The summed E-state index contributed by atoms with van der Waals surface area (Å²) in [4.78, 5) is 16.9. The summed E-state index contributed by atoms with van der Waals surface area (Å²) in [6.07, 6.45) is 3.29. The Labute approximate surface area is 127 Å². The molecule has 118 valence electrons. The molecule has 1 rings (SSSR count). The minimum atomic E-state index is -0.386. The zero-order valence-corrected chi connectivity index (χ0v) is 14.1. The third kappa shape index (κ3) is 5.17. The maximum atomic E-state index is 11.2. The highest BCUT2D eigenvalue weighted by molar-refractivity contribution is 5.97. The average molecular weight is 293 g/mol. The van der Waals surface area contributed by atoms with Crippen molar-refractivity contribution in [2.45, 2.75) is 59.9 Å². The highest BCUT2D eigenvalue weighted by Crippen LogP contribution is 2.32. The lowest BCUT2D eigenvalue weighted by molar-refractivity contribution is -0.417. The van der Waals surface area contributed by atoms with Crippen LogP contribution in [0.15, 0.2) is 41.4 Å². The first-order valence-electron chi connectivity index (χ1n) is 7.12. The Bertz CT molecular complexity index is 488. The standard InChI is InChI=1S/C13H19N3O2.C3H8/c1-7-15(9(2)3)11-8-13(5,6)14-10(4)12(11)16(17)18;1-3-2/h7H,1-2,8H2,3-6H3;3H2,1-2H3. The van der Waals surface area contributed by atoms with Gasteiger partial charge in [0.1, 0.15) is 11.4 Å². The van der Waals surface area contributed by atoms with Crippen molar-refractivity contribution in [2.75, 3.05) is 0 Å². The van der Waals surface area contributed by atoms with E-state index < -0.39 is 0 Å². The molecule has 0 spiro atoms. The molecular weight excluding hydrogens is 266 g/mol. The molecule has 0 aromatic rings. The Morgan fingerprint density at radius 2 is 2.00 bits per heavy atom. The first-order valence-corrected chi connectivity index (χ1v) is 7.12. The monoisotopic (exact) mass is 293 g/mol. The summed E-state index contributed by atoms with van der Waals surface area (Å²) in [5, 5.41) is 11.2. The molecule has 0 unspecified atom stereocenters. The number of allylic oxidation sites excluding steroid dienone is 2. The van der Waals surface area contributed by atoms with Crippen LogP contribution in [0, 0.1) is 10.1 Å². The highest BCUT2D eigenvalue weighted by atomic mass is 16.6. The largest absolute Gasteiger partial charge is 0.320 e. The Morgan fingerprint density at radius 1 is 1.52 bits per heavy atom. The molecule has 0 aliphatic carbocycles. The fourth-order valence-electron chi connectivity index (χ4n) is 2.18. The third-order valence-electron chi connectivity index (χ3n) is 2.75. The molecule has 1 aliphatic rings. The van der Waals surface area contributed by atoms with Crippen LogP contribution in [0.5, 0.6) is 0 Å². The number of aliphatic imine (C=N–C) groups is 1. The lowest BCUT2D eigenvalue weighted by Crippen LogP contribution is -2.33. The van der Waals surface area contributed by atoms with Gasteiger partial charge in [-0.15, -0.1) is 0 Å². The van der Waals surface area contributed by atoms with Crippen LogP contribution in [0.1, 0.15) is 54.4 Å². The van der Waals surface area contributed by atoms with Crippen molar-refractivity contribution in [3.05, 3.63) is 46.6 Å². The van der Waals surface area contributed by atoms with E-state index in [0.717, 1.165) is 0 Å². The zero-order chi connectivity index (χ0) is 16.8. The predicted molar refractivity (Wildman–Crippen MR) is 88.6 cm³/mol. The average Bonchev–Trinajstić information content (AvgIpc) is 2.27. The summed E-state index contributed by atoms with van der Waals surface area (Å²) >= 11 is 0. The predicted octanol–water partition coefficient (Wildman–Crippen LogP) is 4.51. The van der Waals surface area contributed by atoms with Gasteiger partial charge in [0, 0.05) is 18.3 Å². The topological polar surface area (TPSA) is 58.7 Å². The van der Waals surface area contributed by atoms with Crippen LogP contribution in [0.4, 0.5) is 0 Å². The van der Waals surface area contributed by atoms with Gasteiger partial charge in [-0.25, -0.2) is 0 Å². The van der Waals surface area contributed by atoms with E-state index in [1.807, 2.05) is 13.8 Å². The van der Waals surface area contributed by atoms with E-state index in [9.17, 15) is 10.1 Å².